The molecule has 0 aromatic rings. The van der Waals surface area contributed by atoms with Crippen molar-refractivity contribution in [2.45, 2.75) is 58.2 Å². The zero-order chi connectivity index (χ0) is 20.5. The van der Waals surface area contributed by atoms with E-state index >= 15 is 4.39 Å². The lowest BCUT2D eigenvalue weighted by Crippen LogP contribution is -2.66. The molecule has 3 saturated carbocycles. The molecule has 0 amide bonds. The molecule has 3 fully saturated rings. The number of allylic oxidation sites excluding steroid dienone is 4. The fourth-order valence-electron chi connectivity index (χ4n) is 6.93. The molecule has 6 heteroatoms. The summed E-state index contributed by atoms with van der Waals surface area (Å²) in [5, 5.41) is 10.9. The Balaban J connectivity index is 1.77. The Morgan fingerprint density at radius 1 is 1.36 bits per heavy atom. The number of alkyl halides is 2. The minimum Gasteiger partial charge on any atom is -0.390 e. The van der Waals surface area contributed by atoms with Gasteiger partial charge in [-0.05, 0) is 62.0 Å². The molecule has 0 saturated heterocycles. The van der Waals surface area contributed by atoms with Gasteiger partial charge in [-0.15, -0.1) is 0 Å². The van der Waals surface area contributed by atoms with Crippen LogP contribution in [0.15, 0.2) is 23.8 Å². The summed E-state index contributed by atoms with van der Waals surface area (Å²) in [7, 11) is 0. The van der Waals surface area contributed by atoms with E-state index in [0.29, 0.717) is 36.9 Å². The number of aliphatic hydroxyl groups is 1. The number of hydrogen-bond donors (Lipinski definition) is 1. The van der Waals surface area contributed by atoms with Gasteiger partial charge in [0, 0.05) is 11.3 Å². The molecule has 0 bridgehead atoms. The highest BCUT2D eigenvalue weighted by atomic mass is 32.2. The van der Waals surface area contributed by atoms with Crippen LogP contribution in [0.5, 0.6) is 0 Å². The number of carbonyl (C=O) groups is 2. The summed E-state index contributed by atoms with van der Waals surface area (Å²) in [6.07, 6.45) is 5.28. The molecule has 4 aliphatic rings. The molecule has 7 atom stereocenters. The van der Waals surface area contributed by atoms with Crippen LogP contribution in [0.4, 0.5) is 8.78 Å². The third-order valence-corrected chi connectivity index (χ3v) is 8.74. The van der Waals surface area contributed by atoms with Crippen molar-refractivity contribution in [1.29, 1.82) is 0 Å². The zero-order valence-corrected chi connectivity index (χ0v) is 17.3. The van der Waals surface area contributed by atoms with E-state index in [-0.39, 0.29) is 29.2 Å². The SMILES string of the molecule is C[C@@H]1C[C@H]2[C@@H]3CCC4=CC(=O)C=C[C@]4(C)[C@@]3(F)[C@@H](O)C[C@]2(C)[C]1C(=O)SCF. The van der Waals surface area contributed by atoms with Crippen LogP contribution in [-0.4, -0.2) is 33.8 Å². The number of rotatable bonds is 2. The van der Waals surface area contributed by atoms with E-state index < -0.39 is 34.5 Å². The van der Waals surface area contributed by atoms with E-state index in [1.807, 2.05) is 13.8 Å². The van der Waals surface area contributed by atoms with Gasteiger partial charge in [-0.25, -0.2) is 8.78 Å². The van der Waals surface area contributed by atoms with E-state index in [0.717, 1.165) is 5.57 Å². The van der Waals surface area contributed by atoms with E-state index in [1.165, 1.54) is 12.2 Å². The maximum Gasteiger partial charge on any atom is 0.199 e. The lowest BCUT2D eigenvalue weighted by atomic mass is 9.45. The highest BCUT2D eigenvalue weighted by molar-refractivity contribution is 8.13. The predicted molar refractivity (Wildman–Crippen MR) is 105 cm³/mol. The average molecular weight is 410 g/mol. The molecule has 0 aromatic heterocycles. The summed E-state index contributed by atoms with van der Waals surface area (Å²) < 4.78 is 29.7. The monoisotopic (exact) mass is 409 g/mol. The highest BCUT2D eigenvalue weighted by Gasteiger charge is 2.71. The highest BCUT2D eigenvalue weighted by Crippen LogP contribution is 2.70. The molecule has 3 nitrogen and oxygen atoms in total. The molecule has 0 heterocycles. The topological polar surface area (TPSA) is 54.4 Å². The lowest BCUT2D eigenvalue weighted by molar-refractivity contribution is -0.186. The third-order valence-electron chi connectivity index (χ3n) is 8.15. The van der Waals surface area contributed by atoms with Crippen molar-refractivity contribution >= 4 is 22.7 Å². The third kappa shape index (κ3) is 2.43. The summed E-state index contributed by atoms with van der Waals surface area (Å²) in [5.74, 6) is -0.0288. The van der Waals surface area contributed by atoms with Crippen LogP contribution in [0.2, 0.25) is 0 Å². The van der Waals surface area contributed by atoms with Crippen LogP contribution < -0.4 is 0 Å². The van der Waals surface area contributed by atoms with Crippen LogP contribution in [0.3, 0.4) is 0 Å². The maximum atomic E-state index is 16.9. The molecule has 153 valence electrons. The van der Waals surface area contributed by atoms with Crippen LogP contribution in [-0.2, 0) is 9.59 Å². The Labute approximate surface area is 169 Å². The van der Waals surface area contributed by atoms with Crippen LogP contribution in [0, 0.1) is 34.5 Å². The van der Waals surface area contributed by atoms with E-state index in [2.05, 4.69) is 0 Å². The Hall–Kier alpha value is -1.01. The van der Waals surface area contributed by atoms with Crippen molar-refractivity contribution in [3.8, 4) is 0 Å². The fraction of sp³-hybridized carbons (Fsp3) is 0.682. The second-order valence-corrected chi connectivity index (χ2v) is 10.2. The lowest BCUT2D eigenvalue weighted by Gasteiger charge is -2.61. The number of halogens is 2. The predicted octanol–water partition coefficient (Wildman–Crippen LogP) is 4.36. The van der Waals surface area contributed by atoms with Crippen molar-refractivity contribution in [1.82, 2.24) is 0 Å². The quantitative estimate of drug-likeness (QED) is 0.736. The standard InChI is InChI=1S/C22H27F2O3S/c1-12-8-16-15-5-4-13-9-14(25)6-7-21(13,3)22(15,24)17(26)10-20(16,2)18(12)19(27)28-11-23/h6-7,9,12,15-17,26H,4-5,8,10-11H2,1-3H3/t12-,15+,16+,17+,20+,21+,22+/m1/s1. The number of aliphatic hydroxyl groups excluding tert-OH is 1. The van der Waals surface area contributed by atoms with Gasteiger partial charge in [0.2, 0.25) is 0 Å². The van der Waals surface area contributed by atoms with Gasteiger partial charge in [-0.1, -0.05) is 37.3 Å². The largest absolute Gasteiger partial charge is 0.390 e. The summed E-state index contributed by atoms with van der Waals surface area (Å²) in [6.45, 7) is 5.69. The van der Waals surface area contributed by atoms with Crippen LogP contribution >= 0.6 is 11.8 Å². The minimum atomic E-state index is -1.89. The zero-order valence-electron chi connectivity index (χ0n) is 16.5. The van der Waals surface area contributed by atoms with Gasteiger partial charge in [0.1, 0.15) is 6.01 Å². The van der Waals surface area contributed by atoms with Gasteiger partial charge in [0.05, 0.1) is 12.0 Å². The van der Waals surface area contributed by atoms with Crippen molar-refractivity contribution in [3.05, 3.63) is 29.7 Å². The van der Waals surface area contributed by atoms with E-state index in [9.17, 15) is 19.1 Å². The maximum absolute atomic E-state index is 16.9. The Morgan fingerprint density at radius 2 is 2.07 bits per heavy atom. The summed E-state index contributed by atoms with van der Waals surface area (Å²) in [6, 6.07) is -0.778. The van der Waals surface area contributed by atoms with Crippen molar-refractivity contribution in [3.63, 3.8) is 0 Å². The van der Waals surface area contributed by atoms with Crippen molar-refractivity contribution < 1.29 is 23.5 Å². The molecule has 1 N–H and O–H groups in total. The van der Waals surface area contributed by atoms with Crippen LogP contribution in [0.25, 0.3) is 0 Å². The van der Waals surface area contributed by atoms with Gasteiger partial charge >= 0.3 is 0 Å². The van der Waals surface area contributed by atoms with Gasteiger partial charge in [-0.2, -0.15) is 0 Å². The molecule has 4 rings (SSSR count). The first-order valence-corrected chi connectivity index (χ1v) is 11.0. The molecule has 0 spiro atoms. The molecule has 0 aliphatic heterocycles. The number of carbonyl (C=O) groups excluding carboxylic acids is 2. The molecule has 0 unspecified atom stereocenters. The molecule has 4 aliphatic carbocycles. The van der Waals surface area contributed by atoms with Crippen molar-refractivity contribution in [2.24, 2.45) is 28.6 Å². The molecular weight excluding hydrogens is 382 g/mol. The first-order valence-electron chi connectivity index (χ1n) is 10.0. The first kappa shape index (κ1) is 20.3. The van der Waals surface area contributed by atoms with E-state index in [1.54, 1.807) is 13.0 Å². The Kier molecular flexibility index (Phi) is 4.70. The van der Waals surface area contributed by atoms with Gasteiger partial charge in [-0.3, -0.25) is 9.59 Å². The van der Waals surface area contributed by atoms with E-state index in [4.69, 9.17) is 0 Å². The Morgan fingerprint density at radius 3 is 2.75 bits per heavy atom. The van der Waals surface area contributed by atoms with Gasteiger partial charge < -0.3 is 5.11 Å². The first-order chi connectivity index (χ1) is 13.1. The normalized spacial score (nSPS) is 47.9. The minimum absolute atomic E-state index is 0.0516. The summed E-state index contributed by atoms with van der Waals surface area (Å²) in [4.78, 5) is 24.5. The Bertz CT molecular complexity index is 780. The molecular formula is C22H27F2O3S. The molecule has 1 radical (unpaired) electrons. The molecule has 0 aromatic carbocycles. The second-order valence-electron chi connectivity index (χ2n) is 9.36. The number of ketones is 1. The number of hydrogen-bond acceptors (Lipinski definition) is 4. The fourth-order valence-corrected chi connectivity index (χ4v) is 7.62. The van der Waals surface area contributed by atoms with Gasteiger partial charge in [0.25, 0.3) is 0 Å². The summed E-state index contributed by atoms with van der Waals surface area (Å²) >= 11 is 0.658. The second kappa shape index (κ2) is 6.49. The average Bonchev–Trinajstić information content (AvgIpc) is 2.87. The van der Waals surface area contributed by atoms with Crippen molar-refractivity contribution in [2.75, 3.05) is 6.01 Å². The van der Waals surface area contributed by atoms with Crippen LogP contribution in [0.1, 0.15) is 46.5 Å². The smallest absolute Gasteiger partial charge is 0.199 e. The number of thioether (sulfide) groups is 1. The number of fused-ring (bicyclic) bond motifs is 5. The van der Waals surface area contributed by atoms with Gasteiger partial charge in [0.15, 0.2) is 16.6 Å². The summed E-state index contributed by atoms with van der Waals surface area (Å²) in [5.41, 5.74) is -2.77. The molecule has 28 heavy (non-hydrogen) atoms.